The lowest BCUT2D eigenvalue weighted by Gasteiger charge is -2.26. The molecule has 8 heteroatoms. The van der Waals surface area contributed by atoms with Gasteiger partial charge in [0.25, 0.3) is 0 Å². The third-order valence-corrected chi connectivity index (χ3v) is 6.34. The van der Waals surface area contributed by atoms with Gasteiger partial charge in [0.2, 0.25) is 0 Å². The van der Waals surface area contributed by atoms with Crippen LogP contribution < -0.4 is 10.6 Å². The molecule has 152 valence electrons. The highest BCUT2D eigenvalue weighted by Crippen LogP contribution is 2.26. The number of hydroxylamine groups is 2. The van der Waals surface area contributed by atoms with Crippen molar-refractivity contribution in [1.29, 1.82) is 0 Å². The first-order valence-electron chi connectivity index (χ1n) is 9.67. The van der Waals surface area contributed by atoms with E-state index in [1.54, 1.807) is 22.7 Å². The highest BCUT2D eigenvalue weighted by Gasteiger charge is 2.10. The zero-order valence-electron chi connectivity index (χ0n) is 16.6. The van der Waals surface area contributed by atoms with Gasteiger partial charge in [0.05, 0.1) is 25.9 Å². The first-order chi connectivity index (χ1) is 14.2. The van der Waals surface area contributed by atoms with Crippen LogP contribution in [0.5, 0.6) is 0 Å². The van der Waals surface area contributed by atoms with E-state index in [1.807, 2.05) is 10.6 Å². The number of nitrogens with one attached hydrogen (secondary N) is 2. The van der Waals surface area contributed by atoms with Gasteiger partial charge >= 0.3 is 0 Å². The summed E-state index contributed by atoms with van der Waals surface area (Å²) >= 11 is 3.36. The highest BCUT2D eigenvalue weighted by atomic mass is 32.1. The zero-order chi connectivity index (χ0) is 20.1. The standard InChI is InChI=1S/C13H18N4OS.C8H7NS/c1-10-2-3-11-12(8-10)19-13(16-11)15-9-18-17-6-4-14-5-7-17;1-6-2-3-7-8(4-6)10-5-9-7/h2-3,8,14H,4-7,9H2,1H3,(H,15,16);2-5H,1H3. The second-order valence-electron chi connectivity index (χ2n) is 6.94. The summed E-state index contributed by atoms with van der Waals surface area (Å²) in [6, 6.07) is 12.6. The molecule has 3 heterocycles. The molecule has 2 N–H and O–H groups in total. The van der Waals surface area contributed by atoms with Crippen molar-refractivity contribution >= 4 is 48.2 Å². The van der Waals surface area contributed by atoms with Crippen LogP contribution in [0.3, 0.4) is 0 Å². The molecule has 29 heavy (non-hydrogen) atoms. The van der Waals surface area contributed by atoms with E-state index in [0.717, 1.165) is 42.3 Å². The molecular formula is C21H25N5OS2. The topological polar surface area (TPSA) is 62.3 Å². The molecule has 0 bridgehead atoms. The summed E-state index contributed by atoms with van der Waals surface area (Å²) in [7, 11) is 0. The average Bonchev–Trinajstić information content (AvgIpc) is 3.35. The summed E-state index contributed by atoms with van der Waals surface area (Å²) in [6.45, 7) is 8.50. The number of piperazine rings is 1. The normalized spacial score (nSPS) is 14.7. The van der Waals surface area contributed by atoms with Crippen molar-refractivity contribution in [3.05, 3.63) is 53.0 Å². The Morgan fingerprint density at radius 2 is 1.76 bits per heavy atom. The lowest BCUT2D eigenvalue weighted by molar-refractivity contribution is -0.157. The van der Waals surface area contributed by atoms with Gasteiger partial charge in [0, 0.05) is 26.2 Å². The lowest BCUT2D eigenvalue weighted by Crippen LogP contribution is -2.43. The van der Waals surface area contributed by atoms with Crippen molar-refractivity contribution in [3.63, 3.8) is 0 Å². The van der Waals surface area contributed by atoms with Gasteiger partial charge in [-0.25, -0.2) is 9.97 Å². The quantitative estimate of drug-likeness (QED) is 0.470. The number of benzene rings is 2. The monoisotopic (exact) mass is 427 g/mol. The Morgan fingerprint density at radius 3 is 2.55 bits per heavy atom. The molecule has 0 amide bonds. The molecule has 5 rings (SSSR count). The van der Waals surface area contributed by atoms with Crippen molar-refractivity contribution in [2.75, 3.05) is 38.2 Å². The second kappa shape index (κ2) is 9.60. The average molecular weight is 428 g/mol. The van der Waals surface area contributed by atoms with Crippen molar-refractivity contribution in [1.82, 2.24) is 20.3 Å². The molecule has 2 aromatic heterocycles. The molecule has 2 aromatic carbocycles. The van der Waals surface area contributed by atoms with E-state index in [4.69, 9.17) is 4.84 Å². The van der Waals surface area contributed by atoms with Crippen molar-refractivity contribution in [3.8, 4) is 0 Å². The zero-order valence-corrected chi connectivity index (χ0v) is 18.3. The van der Waals surface area contributed by atoms with E-state index in [1.165, 1.54) is 20.5 Å². The van der Waals surface area contributed by atoms with Gasteiger partial charge in [0.15, 0.2) is 5.13 Å². The molecule has 4 aromatic rings. The maximum Gasteiger partial charge on any atom is 0.185 e. The van der Waals surface area contributed by atoms with E-state index in [0.29, 0.717) is 6.73 Å². The fraction of sp³-hybridized carbons (Fsp3) is 0.333. The number of hydrogen-bond donors (Lipinski definition) is 2. The number of fused-ring (bicyclic) bond motifs is 2. The van der Waals surface area contributed by atoms with Crippen molar-refractivity contribution in [2.24, 2.45) is 0 Å². The number of hydrogen-bond acceptors (Lipinski definition) is 8. The van der Waals surface area contributed by atoms with Crippen LogP contribution in [-0.2, 0) is 4.84 Å². The molecule has 1 saturated heterocycles. The van der Waals surface area contributed by atoms with Gasteiger partial charge in [-0.15, -0.1) is 11.3 Å². The molecular weight excluding hydrogens is 402 g/mol. The number of nitrogens with zero attached hydrogens (tertiary/aromatic N) is 3. The van der Waals surface area contributed by atoms with Crippen molar-refractivity contribution in [2.45, 2.75) is 13.8 Å². The Kier molecular flexibility index (Phi) is 6.68. The largest absolute Gasteiger partial charge is 0.337 e. The molecule has 1 aliphatic rings. The van der Waals surface area contributed by atoms with Crippen LogP contribution in [0.15, 0.2) is 41.9 Å². The molecule has 6 nitrogen and oxygen atoms in total. The van der Waals surface area contributed by atoms with Gasteiger partial charge < -0.3 is 10.6 Å². The smallest absolute Gasteiger partial charge is 0.185 e. The molecule has 0 radical (unpaired) electrons. The fourth-order valence-corrected chi connectivity index (χ4v) is 4.75. The Bertz CT molecular complexity index is 1070. The summed E-state index contributed by atoms with van der Waals surface area (Å²) in [6.07, 6.45) is 0. The molecule has 0 unspecified atom stereocenters. The first kappa shape index (κ1) is 20.2. The third kappa shape index (κ3) is 5.49. The lowest BCUT2D eigenvalue weighted by atomic mass is 10.2. The van der Waals surface area contributed by atoms with Gasteiger partial charge in [0.1, 0.15) is 6.73 Å². The van der Waals surface area contributed by atoms with Crippen LogP contribution in [-0.4, -0.2) is 47.9 Å². The van der Waals surface area contributed by atoms with E-state index in [9.17, 15) is 0 Å². The molecule has 1 fully saturated rings. The summed E-state index contributed by atoms with van der Waals surface area (Å²) < 4.78 is 2.49. The number of aryl methyl sites for hydroxylation is 2. The van der Waals surface area contributed by atoms with Gasteiger partial charge in [-0.3, -0.25) is 4.84 Å². The van der Waals surface area contributed by atoms with Crippen molar-refractivity contribution < 1.29 is 4.84 Å². The van der Waals surface area contributed by atoms with Gasteiger partial charge in [-0.05, 0) is 49.2 Å². The van der Waals surface area contributed by atoms with E-state index in [2.05, 4.69) is 70.8 Å². The van der Waals surface area contributed by atoms with Crippen LogP contribution in [0.25, 0.3) is 20.4 Å². The van der Waals surface area contributed by atoms with E-state index >= 15 is 0 Å². The highest BCUT2D eigenvalue weighted by molar-refractivity contribution is 7.22. The second-order valence-corrected chi connectivity index (χ2v) is 8.86. The molecule has 0 aliphatic carbocycles. The molecule has 1 aliphatic heterocycles. The first-order valence-corrected chi connectivity index (χ1v) is 11.4. The van der Waals surface area contributed by atoms with Gasteiger partial charge in [-0.2, -0.15) is 5.06 Å². The Balaban J connectivity index is 0.000000171. The van der Waals surface area contributed by atoms with Crippen LogP contribution in [0, 0.1) is 13.8 Å². The predicted molar refractivity (Wildman–Crippen MR) is 123 cm³/mol. The Labute approximate surface area is 178 Å². The maximum absolute atomic E-state index is 5.66. The van der Waals surface area contributed by atoms with Crippen LogP contribution >= 0.6 is 22.7 Å². The molecule has 0 spiro atoms. The molecule has 0 atom stereocenters. The van der Waals surface area contributed by atoms with Crippen LogP contribution in [0.4, 0.5) is 5.13 Å². The number of aromatic nitrogens is 2. The minimum Gasteiger partial charge on any atom is -0.337 e. The number of thiazole rings is 2. The van der Waals surface area contributed by atoms with Gasteiger partial charge in [-0.1, -0.05) is 23.5 Å². The van der Waals surface area contributed by atoms with E-state index < -0.39 is 0 Å². The summed E-state index contributed by atoms with van der Waals surface area (Å²) in [5, 5.41) is 9.42. The summed E-state index contributed by atoms with van der Waals surface area (Å²) in [5.41, 5.74) is 6.59. The van der Waals surface area contributed by atoms with Crippen LogP contribution in [0.1, 0.15) is 11.1 Å². The minimum atomic E-state index is 0.471. The minimum absolute atomic E-state index is 0.471. The van der Waals surface area contributed by atoms with Crippen LogP contribution in [0.2, 0.25) is 0 Å². The number of anilines is 1. The predicted octanol–water partition coefficient (Wildman–Crippen LogP) is 4.42. The SMILES string of the molecule is Cc1ccc2nc(NCON3CCNCC3)sc2c1.Cc1ccc2ncsc2c1. The third-order valence-electron chi connectivity index (χ3n) is 4.58. The maximum atomic E-state index is 5.66. The molecule has 0 saturated carbocycles. The summed E-state index contributed by atoms with van der Waals surface area (Å²) in [5.74, 6) is 0. The Hall–Kier alpha value is -2.10. The Morgan fingerprint density at radius 1 is 1.03 bits per heavy atom. The fourth-order valence-electron chi connectivity index (χ4n) is 3.03. The summed E-state index contributed by atoms with van der Waals surface area (Å²) in [4.78, 5) is 14.4. The number of rotatable bonds is 4. The van der Waals surface area contributed by atoms with E-state index in [-0.39, 0.29) is 0 Å².